The van der Waals surface area contributed by atoms with Gasteiger partial charge in [0, 0.05) is 20.2 Å². The first-order valence-electron chi connectivity index (χ1n) is 8.02. The van der Waals surface area contributed by atoms with Gasteiger partial charge in [-0.05, 0) is 37.7 Å². The van der Waals surface area contributed by atoms with E-state index in [-0.39, 0.29) is 0 Å². The summed E-state index contributed by atoms with van der Waals surface area (Å²) < 4.78 is 15.5. The second-order valence-electron chi connectivity index (χ2n) is 5.47. The number of nitrogens with one attached hydrogen (secondary N) is 1. The number of hydrogen-bond donors (Lipinski definition) is 2. The summed E-state index contributed by atoms with van der Waals surface area (Å²) >= 11 is 0. The number of methoxy groups -OCH3 is 3. The average Bonchev–Trinajstić information content (AvgIpc) is 2.61. The van der Waals surface area contributed by atoms with Gasteiger partial charge in [-0.3, -0.25) is 0 Å². The molecule has 0 bridgehead atoms. The molecule has 0 aliphatic heterocycles. The van der Waals surface area contributed by atoms with E-state index < -0.39 is 0 Å². The second-order valence-corrected chi connectivity index (χ2v) is 5.47. The summed E-state index contributed by atoms with van der Waals surface area (Å²) in [5.74, 6) is 1.84. The number of nitrogens with two attached hydrogens (primary N) is 1. The third-order valence-corrected chi connectivity index (χ3v) is 3.58. The van der Waals surface area contributed by atoms with Gasteiger partial charge in [0.1, 0.15) is 0 Å². The molecular weight excluding hydrogens is 308 g/mol. The number of hydrogen-bond acceptors (Lipinski definition) is 5. The summed E-state index contributed by atoms with van der Waals surface area (Å²) in [6.07, 6.45) is 0.993. The van der Waals surface area contributed by atoms with Gasteiger partial charge in [0.25, 0.3) is 0 Å². The van der Waals surface area contributed by atoms with Gasteiger partial charge < -0.3 is 30.2 Å². The lowest BCUT2D eigenvalue weighted by atomic mass is 10.2. The molecule has 0 saturated heterocycles. The fraction of sp³-hybridized carbons (Fsp3) is 0.588. The SMILES string of the molecule is COCCN(C)CCCNC(N)=NCc1ccc(OC)c(OC)c1. The Morgan fingerprint density at radius 3 is 2.58 bits per heavy atom. The molecule has 0 aliphatic rings. The first kappa shape index (κ1) is 20.1. The molecule has 0 amide bonds. The highest BCUT2D eigenvalue weighted by Crippen LogP contribution is 2.27. The van der Waals surface area contributed by atoms with E-state index in [9.17, 15) is 0 Å². The lowest BCUT2D eigenvalue weighted by Crippen LogP contribution is -2.34. The molecular formula is C17H30N4O3. The van der Waals surface area contributed by atoms with E-state index >= 15 is 0 Å². The zero-order chi connectivity index (χ0) is 17.8. The van der Waals surface area contributed by atoms with Crippen molar-refractivity contribution in [2.24, 2.45) is 10.7 Å². The predicted molar refractivity (Wildman–Crippen MR) is 96.9 cm³/mol. The predicted octanol–water partition coefficient (Wildman–Crippen LogP) is 1.08. The largest absolute Gasteiger partial charge is 0.493 e. The van der Waals surface area contributed by atoms with Crippen molar-refractivity contribution in [1.82, 2.24) is 10.2 Å². The topological polar surface area (TPSA) is 81.3 Å². The Kier molecular flexibility index (Phi) is 9.64. The van der Waals surface area contributed by atoms with Crippen LogP contribution in [0.3, 0.4) is 0 Å². The summed E-state index contributed by atoms with van der Waals surface area (Å²) in [7, 11) is 7.02. The molecule has 0 spiro atoms. The van der Waals surface area contributed by atoms with Crippen molar-refractivity contribution >= 4 is 5.96 Å². The van der Waals surface area contributed by atoms with Gasteiger partial charge >= 0.3 is 0 Å². The maximum Gasteiger partial charge on any atom is 0.188 e. The molecule has 0 unspecified atom stereocenters. The van der Waals surface area contributed by atoms with Crippen LogP contribution >= 0.6 is 0 Å². The maximum atomic E-state index is 5.89. The summed E-state index contributed by atoms with van der Waals surface area (Å²) in [6, 6.07) is 5.71. The number of aliphatic imine (C=N–C) groups is 1. The van der Waals surface area contributed by atoms with Crippen LogP contribution in [-0.4, -0.2) is 65.5 Å². The number of ether oxygens (including phenoxy) is 3. The van der Waals surface area contributed by atoms with E-state index in [1.54, 1.807) is 21.3 Å². The van der Waals surface area contributed by atoms with Gasteiger partial charge in [0.2, 0.25) is 0 Å². The molecule has 136 valence electrons. The maximum absolute atomic E-state index is 5.89. The van der Waals surface area contributed by atoms with Gasteiger partial charge in [-0.25, -0.2) is 4.99 Å². The fourth-order valence-electron chi connectivity index (χ4n) is 2.14. The minimum Gasteiger partial charge on any atom is -0.493 e. The molecule has 0 atom stereocenters. The van der Waals surface area contributed by atoms with E-state index in [2.05, 4.69) is 22.3 Å². The smallest absolute Gasteiger partial charge is 0.188 e. The zero-order valence-corrected chi connectivity index (χ0v) is 15.2. The quantitative estimate of drug-likeness (QED) is 0.357. The average molecular weight is 338 g/mol. The van der Waals surface area contributed by atoms with Crippen LogP contribution in [0.4, 0.5) is 0 Å². The van der Waals surface area contributed by atoms with E-state index in [0.29, 0.717) is 24.0 Å². The number of nitrogens with zero attached hydrogens (tertiary/aromatic N) is 2. The first-order chi connectivity index (χ1) is 11.6. The summed E-state index contributed by atoms with van der Waals surface area (Å²) in [5.41, 5.74) is 6.91. The molecule has 0 radical (unpaired) electrons. The molecule has 1 aromatic rings. The third kappa shape index (κ3) is 7.52. The van der Waals surface area contributed by atoms with Gasteiger partial charge in [-0.15, -0.1) is 0 Å². The van der Waals surface area contributed by atoms with Crippen molar-refractivity contribution in [2.75, 3.05) is 54.6 Å². The lowest BCUT2D eigenvalue weighted by molar-refractivity contribution is 0.161. The van der Waals surface area contributed by atoms with Crippen LogP contribution in [0.1, 0.15) is 12.0 Å². The van der Waals surface area contributed by atoms with Crippen molar-refractivity contribution in [3.8, 4) is 11.5 Å². The normalized spacial score (nSPS) is 11.6. The Labute approximate surface area is 144 Å². The lowest BCUT2D eigenvalue weighted by Gasteiger charge is -2.16. The molecule has 0 heterocycles. The number of benzene rings is 1. The van der Waals surface area contributed by atoms with Gasteiger partial charge in [0.15, 0.2) is 17.5 Å². The van der Waals surface area contributed by atoms with Crippen LogP contribution in [0.25, 0.3) is 0 Å². The third-order valence-electron chi connectivity index (χ3n) is 3.58. The Bertz CT molecular complexity index is 509. The van der Waals surface area contributed by atoms with Crippen LogP contribution in [0.15, 0.2) is 23.2 Å². The van der Waals surface area contributed by atoms with Crippen LogP contribution < -0.4 is 20.5 Å². The molecule has 7 heteroatoms. The number of rotatable bonds is 11. The molecule has 0 saturated carbocycles. The zero-order valence-electron chi connectivity index (χ0n) is 15.2. The van der Waals surface area contributed by atoms with Crippen LogP contribution in [0, 0.1) is 0 Å². The van der Waals surface area contributed by atoms with Crippen molar-refractivity contribution in [2.45, 2.75) is 13.0 Å². The van der Waals surface area contributed by atoms with E-state index in [4.69, 9.17) is 19.9 Å². The van der Waals surface area contributed by atoms with Crippen molar-refractivity contribution in [3.63, 3.8) is 0 Å². The van der Waals surface area contributed by atoms with E-state index in [1.807, 2.05) is 18.2 Å². The minimum absolute atomic E-state index is 0.448. The first-order valence-corrected chi connectivity index (χ1v) is 8.02. The van der Waals surface area contributed by atoms with Crippen LogP contribution in [0.5, 0.6) is 11.5 Å². The summed E-state index contributed by atoms with van der Waals surface area (Å²) in [4.78, 5) is 6.57. The second kappa shape index (κ2) is 11.5. The van der Waals surface area contributed by atoms with Gasteiger partial charge in [-0.2, -0.15) is 0 Å². The number of likely N-dealkylation sites (N-methyl/N-ethyl adjacent to an activating group) is 1. The minimum atomic E-state index is 0.448. The highest BCUT2D eigenvalue weighted by atomic mass is 16.5. The standard InChI is InChI=1S/C17H30N4O3/c1-21(10-11-22-2)9-5-8-19-17(18)20-13-14-6-7-15(23-3)16(12-14)24-4/h6-7,12H,5,8-11,13H2,1-4H3,(H3,18,19,20). The Morgan fingerprint density at radius 1 is 1.17 bits per heavy atom. The molecule has 1 rings (SSSR count). The van der Waals surface area contributed by atoms with E-state index in [1.165, 1.54) is 0 Å². The fourth-order valence-corrected chi connectivity index (χ4v) is 2.14. The van der Waals surface area contributed by atoms with Crippen molar-refractivity contribution < 1.29 is 14.2 Å². The molecule has 0 aliphatic carbocycles. The molecule has 1 aromatic carbocycles. The Balaban J connectivity index is 2.34. The van der Waals surface area contributed by atoms with Gasteiger partial charge in [0.05, 0.1) is 27.4 Å². The van der Waals surface area contributed by atoms with Crippen LogP contribution in [-0.2, 0) is 11.3 Å². The highest BCUT2D eigenvalue weighted by Gasteiger charge is 2.04. The molecule has 7 nitrogen and oxygen atoms in total. The Hall–Kier alpha value is -1.99. The van der Waals surface area contributed by atoms with Crippen molar-refractivity contribution in [3.05, 3.63) is 23.8 Å². The number of guanidine groups is 1. The molecule has 0 fully saturated rings. The molecule has 0 aromatic heterocycles. The summed E-state index contributed by atoms with van der Waals surface area (Å²) in [5, 5.41) is 3.13. The molecule has 24 heavy (non-hydrogen) atoms. The van der Waals surface area contributed by atoms with E-state index in [0.717, 1.165) is 38.2 Å². The van der Waals surface area contributed by atoms with Gasteiger partial charge in [-0.1, -0.05) is 6.07 Å². The van der Waals surface area contributed by atoms with Crippen LogP contribution in [0.2, 0.25) is 0 Å². The Morgan fingerprint density at radius 2 is 1.92 bits per heavy atom. The molecule has 3 N–H and O–H groups in total. The van der Waals surface area contributed by atoms with Crippen molar-refractivity contribution in [1.29, 1.82) is 0 Å². The monoisotopic (exact) mass is 338 g/mol. The summed E-state index contributed by atoms with van der Waals surface area (Å²) in [6.45, 7) is 3.95. The highest BCUT2D eigenvalue weighted by molar-refractivity contribution is 5.77.